The summed E-state index contributed by atoms with van der Waals surface area (Å²) < 4.78 is 4.97. The van der Waals surface area contributed by atoms with Gasteiger partial charge in [0.2, 0.25) is 0 Å². The molecule has 1 heterocycles. The van der Waals surface area contributed by atoms with Gasteiger partial charge in [0.05, 0.1) is 18.3 Å². The molecule has 0 aliphatic rings. The highest BCUT2D eigenvalue weighted by Gasteiger charge is 2.08. The van der Waals surface area contributed by atoms with Gasteiger partial charge in [0.25, 0.3) is 0 Å². The molecule has 0 aliphatic carbocycles. The van der Waals surface area contributed by atoms with E-state index in [1.807, 2.05) is 18.2 Å². The Morgan fingerprint density at radius 2 is 2.50 bits per heavy atom. The predicted molar refractivity (Wildman–Crippen MR) is 46.2 cm³/mol. The van der Waals surface area contributed by atoms with Gasteiger partial charge in [0.1, 0.15) is 0 Å². The molecule has 1 aromatic heterocycles. The molecule has 4 heteroatoms. The van der Waals surface area contributed by atoms with Gasteiger partial charge in [-0.1, -0.05) is 6.07 Å². The van der Waals surface area contributed by atoms with Crippen LogP contribution in [0, 0.1) is 0 Å². The molecular weight excluding hydrogens is 154 g/mol. The van der Waals surface area contributed by atoms with Gasteiger partial charge in [0, 0.05) is 13.3 Å². The minimum atomic E-state index is -0.0313. The van der Waals surface area contributed by atoms with Crippen molar-refractivity contribution >= 4 is 0 Å². The summed E-state index contributed by atoms with van der Waals surface area (Å²) in [7, 11) is 1.63. The second-order valence-corrected chi connectivity index (χ2v) is 2.43. The molecular formula is C8H13N3O. The summed E-state index contributed by atoms with van der Waals surface area (Å²) in [4.78, 5) is 4.15. The molecule has 1 atom stereocenters. The van der Waals surface area contributed by atoms with Crippen molar-refractivity contribution in [3.8, 4) is 0 Å². The van der Waals surface area contributed by atoms with Crippen LogP contribution in [0.3, 0.4) is 0 Å². The number of nitrogens with zero attached hydrogens (tertiary/aromatic N) is 1. The third kappa shape index (κ3) is 2.27. The molecule has 0 radical (unpaired) electrons. The molecule has 0 saturated heterocycles. The number of pyridine rings is 1. The summed E-state index contributed by atoms with van der Waals surface area (Å²) in [6, 6.07) is 5.66. The maximum Gasteiger partial charge on any atom is 0.0865 e. The first-order chi connectivity index (χ1) is 5.88. The normalized spacial score (nSPS) is 12.8. The van der Waals surface area contributed by atoms with Gasteiger partial charge in [-0.3, -0.25) is 10.8 Å². The van der Waals surface area contributed by atoms with E-state index in [0.717, 1.165) is 5.69 Å². The van der Waals surface area contributed by atoms with Crippen molar-refractivity contribution in [2.75, 3.05) is 13.7 Å². The summed E-state index contributed by atoms with van der Waals surface area (Å²) in [5.74, 6) is 5.32. The lowest BCUT2D eigenvalue weighted by Crippen LogP contribution is -2.31. The first kappa shape index (κ1) is 9.12. The fraction of sp³-hybridized carbons (Fsp3) is 0.375. The zero-order chi connectivity index (χ0) is 8.81. The first-order valence-corrected chi connectivity index (χ1v) is 3.74. The molecule has 1 aromatic rings. The number of hydrazine groups is 1. The van der Waals surface area contributed by atoms with Gasteiger partial charge in [-0.15, -0.1) is 0 Å². The van der Waals surface area contributed by atoms with Crippen molar-refractivity contribution in [2.24, 2.45) is 5.84 Å². The van der Waals surface area contributed by atoms with Crippen molar-refractivity contribution in [1.82, 2.24) is 10.4 Å². The summed E-state index contributed by atoms with van der Waals surface area (Å²) >= 11 is 0. The third-order valence-electron chi connectivity index (χ3n) is 1.58. The standard InChI is InChI=1S/C8H13N3O/c1-12-6-8(11-9)7-4-2-3-5-10-7/h2-5,8,11H,6,9H2,1H3. The maximum atomic E-state index is 5.32. The lowest BCUT2D eigenvalue weighted by Gasteiger charge is -2.13. The topological polar surface area (TPSA) is 60.2 Å². The quantitative estimate of drug-likeness (QED) is 0.498. The lowest BCUT2D eigenvalue weighted by atomic mass is 10.2. The van der Waals surface area contributed by atoms with E-state index in [2.05, 4.69) is 10.4 Å². The Bertz CT molecular complexity index is 215. The summed E-state index contributed by atoms with van der Waals surface area (Å²) in [6.07, 6.45) is 1.73. The molecule has 3 N–H and O–H groups in total. The fourth-order valence-electron chi connectivity index (χ4n) is 0.968. The van der Waals surface area contributed by atoms with E-state index in [-0.39, 0.29) is 6.04 Å². The SMILES string of the molecule is COCC(NN)c1ccccn1. The average molecular weight is 167 g/mol. The van der Waals surface area contributed by atoms with Crippen molar-refractivity contribution < 1.29 is 4.74 Å². The zero-order valence-electron chi connectivity index (χ0n) is 7.03. The number of nitrogens with two attached hydrogens (primary N) is 1. The zero-order valence-corrected chi connectivity index (χ0v) is 7.03. The summed E-state index contributed by atoms with van der Waals surface area (Å²) in [5.41, 5.74) is 3.52. The molecule has 1 unspecified atom stereocenters. The second kappa shape index (κ2) is 4.82. The van der Waals surface area contributed by atoms with Crippen LogP contribution < -0.4 is 11.3 Å². The summed E-state index contributed by atoms with van der Waals surface area (Å²) in [5, 5.41) is 0. The highest BCUT2D eigenvalue weighted by atomic mass is 16.5. The largest absolute Gasteiger partial charge is 0.383 e. The highest BCUT2D eigenvalue weighted by Crippen LogP contribution is 2.07. The molecule has 1 rings (SSSR count). The number of nitrogens with one attached hydrogen (secondary N) is 1. The monoisotopic (exact) mass is 167 g/mol. The number of hydrogen-bond acceptors (Lipinski definition) is 4. The van der Waals surface area contributed by atoms with Crippen LogP contribution in [-0.4, -0.2) is 18.7 Å². The van der Waals surface area contributed by atoms with Gasteiger partial charge in [0.15, 0.2) is 0 Å². The summed E-state index contributed by atoms with van der Waals surface area (Å²) in [6.45, 7) is 0.521. The minimum absolute atomic E-state index is 0.0313. The van der Waals surface area contributed by atoms with Crippen LogP contribution in [0.25, 0.3) is 0 Å². The van der Waals surface area contributed by atoms with Crippen LogP contribution in [0.1, 0.15) is 11.7 Å². The molecule has 4 nitrogen and oxygen atoms in total. The van der Waals surface area contributed by atoms with Crippen molar-refractivity contribution in [2.45, 2.75) is 6.04 Å². The van der Waals surface area contributed by atoms with E-state index in [4.69, 9.17) is 10.6 Å². The van der Waals surface area contributed by atoms with Crippen molar-refractivity contribution in [1.29, 1.82) is 0 Å². The second-order valence-electron chi connectivity index (χ2n) is 2.43. The van der Waals surface area contributed by atoms with Gasteiger partial charge in [-0.2, -0.15) is 0 Å². The maximum absolute atomic E-state index is 5.32. The van der Waals surface area contributed by atoms with Gasteiger partial charge < -0.3 is 4.74 Å². The fourth-order valence-corrected chi connectivity index (χ4v) is 0.968. The molecule has 0 fully saturated rings. The Morgan fingerprint density at radius 1 is 1.67 bits per heavy atom. The van der Waals surface area contributed by atoms with Gasteiger partial charge >= 0.3 is 0 Å². The van der Waals surface area contributed by atoms with Crippen LogP contribution in [0.5, 0.6) is 0 Å². The van der Waals surface area contributed by atoms with Crippen LogP contribution in [0.2, 0.25) is 0 Å². The minimum Gasteiger partial charge on any atom is -0.383 e. The molecule has 0 amide bonds. The highest BCUT2D eigenvalue weighted by molar-refractivity contribution is 5.08. The molecule has 0 bridgehead atoms. The Hall–Kier alpha value is -0.970. The molecule has 66 valence electrons. The van der Waals surface area contributed by atoms with E-state index in [9.17, 15) is 0 Å². The van der Waals surface area contributed by atoms with Crippen molar-refractivity contribution in [3.05, 3.63) is 30.1 Å². The molecule has 0 spiro atoms. The van der Waals surface area contributed by atoms with Crippen molar-refractivity contribution in [3.63, 3.8) is 0 Å². The Labute approximate surface area is 71.7 Å². The average Bonchev–Trinajstić information content (AvgIpc) is 2.15. The van der Waals surface area contributed by atoms with Crippen LogP contribution in [0.4, 0.5) is 0 Å². The smallest absolute Gasteiger partial charge is 0.0865 e. The number of methoxy groups -OCH3 is 1. The van der Waals surface area contributed by atoms with Crippen LogP contribution >= 0.6 is 0 Å². The Kier molecular flexibility index (Phi) is 3.66. The van der Waals surface area contributed by atoms with Gasteiger partial charge in [-0.05, 0) is 12.1 Å². The Balaban J connectivity index is 2.66. The number of hydrogen-bond donors (Lipinski definition) is 2. The Morgan fingerprint density at radius 3 is 3.00 bits per heavy atom. The molecule has 0 aliphatic heterocycles. The van der Waals surface area contributed by atoms with Crippen LogP contribution in [0.15, 0.2) is 24.4 Å². The molecule has 0 aromatic carbocycles. The molecule has 0 saturated carbocycles. The van der Waals surface area contributed by atoms with E-state index in [1.165, 1.54) is 0 Å². The van der Waals surface area contributed by atoms with Gasteiger partial charge in [-0.25, -0.2) is 5.43 Å². The van der Waals surface area contributed by atoms with E-state index >= 15 is 0 Å². The third-order valence-corrected chi connectivity index (χ3v) is 1.58. The van der Waals surface area contributed by atoms with E-state index in [0.29, 0.717) is 6.61 Å². The number of aromatic nitrogens is 1. The van der Waals surface area contributed by atoms with E-state index < -0.39 is 0 Å². The number of rotatable bonds is 4. The predicted octanol–water partition coefficient (Wildman–Crippen LogP) is 0.232. The molecule has 12 heavy (non-hydrogen) atoms. The first-order valence-electron chi connectivity index (χ1n) is 3.74. The number of ether oxygens (including phenoxy) is 1. The lowest BCUT2D eigenvalue weighted by molar-refractivity contribution is 0.166. The van der Waals surface area contributed by atoms with Crippen LogP contribution in [-0.2, 0) is 4.74 Å². The van der Waals surface area contributed by atoms with E-state index in [1.54, 1.807) is 13.3 Å².